The number of aliphatic hydroxyl groups excluding tert-OH is 1. The minimum Gasteiger partial charge on any atom is -0.508 e. The molecule has 0 saturated heterocycles. The van der Waals surface area contributed by atoms with Gasteiger partial charge in [-0.3, -0.25) is 0 Å². The molecule has 0 amide bonds. The van der Waals surface area contributed by atoms with E-state index in [9.17, 15) is 0 Å². The van der Waals surface area contributed by atoms with Crippen molar-refractivity contribution in [3.05, 3.63) is 42.0 Å². The van der Waals surface area contributed by atoms with E-state index in [2.05, 4.69) is 0 Å². The van der Waals surface area contributed by atoms with Crippen LogP contribution >= 0.6 is 0 Å². The van der Waals surface area contributed by atoms with Crippen LogP contribution in [0.25, 0.3) is 0 Å². The summed E-state index contributed by atoms with van der Waals surface area (Å²) >= 11 is 0. The van der Waals surface area contributed by atoms with E-state index in [0.717, 1.165) is 12.0 Å². The fourth-order valence-electron chi connectivity index (χ4n) is 0.926. The van der Waals surface area contributed by atoms with E-state index in [-0.39, 0.29) is 12.4 Å². The molecule has 2 N–H and O–H groups in total. The minimum atomic E-state index is 0.0814. The first-order chi connectivity index (χ1) is 5.83. The van der Waals surface area contributed by atoms with Gasteiger partial charge in [-0.15, -0.1) is 0 Å². The summed E-state index contributed by atoms with van der Waals surface area (Å²) in [4.78, 5) is 0. The van der Waals surface area contributed by atoms with Crippen LogP contribution in [0, 0.1) is 0 Å². The number of benzene rings is 1. The smallest absolute Gasteiger partial charge is 0.115 e. The van der Waals surface area contributed by atoms with Crippen LogP contribution in [0.2, 0.25) is 0 Å². The van der Waals surface area contributed by atoms with Gasteiger partial charge in [0.2, 0.25) is 0 Å². The molecule has 0 aliphatic rings. The average Bonchev–Trinajstić information content (AvgIpc) is 2.09. The second kappa shape index (κ2) is 4.57. The quantitative estimate of drug-likeness (QED) is 0.664. The number of phenolic OH excluding ortho intramolecular Hbond substituents is 1. The molecule has 0 spiro atoms. The number of allylic oxidation sites excluding steroid dienone is 1. The number of aromatic hydroxyl groups is 1. The van der Waals surface area contributed by atoms with Crippen LogP contribution in [0.15, 0.2) is 36.4 Å². The first-order valence-electron chi connectivity index (χ1n) is 3.86. The van der Waals surface area contributed by atoms with Crippen molar-refractivity contribution in [3.63, 3.8) is 0 Å². The van der Waals surface area contributed by atoms with Crippen LogP contribution in [0.3, 0.4) is 0 Å². The highest BCUT2D eigenvalue weighted by atomic mass is 16.3. The number of rotatable bonds is 3. The van der Waals surface area contributed by atoms with Crippen molar-refractivity contribution >= 4 is 0 Å². The maximum absolute atomic E-state index is 8.97. The zero-order chi connectivity index (χ0) is 8.81. The highest BCUT2D eigenvalue weighted by Crippen LogP contribution is 2.09. The van der Waals surface area contributed by atoms with Gasteiger partial charge in [-0.05, 0) is 24.1 Å². The summed E-state index contributed by atoms with van der Waals surface area (Å²) in [6, 6.07) is 7.03. The molecule has 0 heterocycles. The lowest BCUT2D eigenvalue weighted by Gasteiger charge is -1.95. The van der Waals surface area contributed by atoms with Crippen molar-refractivity contribution in [1.29, 1.82) is 0 Å². The fraction of sp³-hybridized carbons (Fsp3) is 0.200. The predicted molar refractivity (Wildman–Crippen MR) is 48.0 cm³/mol. The molecule has 0 atom stereocenters. The Morgan fingerprint density at radius 2 is 1.75 bits per heavy atom. The third-order valence-electron chi connectivity index (χ3n) is 1.56. The molecule has 0 fully saturated rings. The monoisotopic (exact) mass is 164 g/mol. The number of phenols is 1. The summed E-state index contributed by atoms with van der Waals surface area (Å²) in [5.41, 5.74) is 1.12. The van der Waals surface area contributed by atoms with Crippen molar-refractivity contribution < 1.29 is 10.2 Å². The normalized spacial score (nSPS) is 10.8. The maximum atomic E-state index is 8.97. The molecule has 0 unspecified atom stereocenters. The second-order valence-corrected chi connectivity index (χ2v) is 2.52. The van der Waals surface area contributed by atoms with Gasteiger partial charge < -0.3 is 10.2 Å². The van der Waals surface area contributed by atoms with Crippen molar-refractivity contribution in [1.82, 2.24) is 0 Å². The Hall–Kier alpha value is -1.28. The highest BCUT2D eigenvalue weighted by Gasteiger charge is 1.88. The molecular formula is C10H12O2. The van der Waals surface area contributed by atoms with Gasteiger partial charge in [0.05, 0.1) is 6.61 Å². The fourth-order valence-corrected chi connectivity index (χ4v) is 0.926. The Kier molecular flexibility index (Phi) is 3.35. The lowest BCUT2D eigenvalue weighted by atomic mass is 10.1. The Labute approximate surface area is 71.8 Å². The predicted octanol–water partition coefficient (Wildman–Crippen LogP) is 1.48. The SMILES string of the molecule is OC/C=C/Cc1ccc(O)cc1. The Balaban J connectivity index is 2.53. The van der Waals surface area contributed by atoms with Crippen molar-refractivity contribution in [3.8, 4) is 5.75 Å². The van der Waals surface area contributed by atoms with Crippen LogP contribution in [0.1, 0.15) is 5.56 Å². The van der Waals surface area contributed by atoms with Crippen molar-refractivity contribution in [2.45, 2.75) is 6.42 Å². The number of aliphatic hydroxyl groups is 1. The van der Waals surface area contributed by atoms with E-state index in [1.54, 1.807) is 18.2 Å². The average molecular weight is 164 g/mol. The molecule has 0 radical (unpaired) electrons. The molecule has 1 rings (SSSR count). The van der Waals surface area contributed by atoms with Gasteiger partial charge in [0.15, 0.2) is 0 Å². The van der Waals surface area contributed by atoms with Crippen molar-refractivity contribution in [2.24, 2.45) is 0 Å². The largest absolute Gasteiger partial charge is 0.508 e. The maximum Gasteiger partial charge on any atom is 0.115 e. The van der Waals surface area contributed by atoms with Crippen LogP contribution in [0.5, 0.6) is 5.75 Å². The van der Waals surface area contributed by atoms with E-state index in [0.29, 0.717) is 0 Å². The van der Waals surface area contributed by atoms with E-state index in [1.165, 1.54) is 0 Å². The Morgan fingerprint density at radius 1 is 1.08 bits per heavy atom. The molecule has 0 aliphatic carbocycles. The topological polar surface area (TPSA) is 40.5 Å². The molecule has 0 saturated carbocycles. The first kappa shape index (κ1) is 8.81. The van der Waals surface area contributed by atoms with Crippen LogP contribution in [0.4, 0.5) is 0 Å². The summed E-state index contributed by atoms with van der Waals surface area (Å²) in [6.45, 7) is 0.0814. The summed E-state index contributed by atoms with van der Waals surface area (Å²) in [6.07, 6.45) is 4.39. The molecule has 0 aromatic heterocycles. The van der Waals surface area contributed by atoms with Gasteiger partial charge in [0, 0.05) is 0 Å². The van der Waals surface area contributed by atoms with Crippen LogP contribution in [-0.2, 0) is 6.42 Å². The standard InChI is InChI=1S/C10H12O2/c11-8-2-1-3-9-4-6-10(12)7-5-9/h1-2,4-7,11-12H,3,8H2/b2-1+. The zero-order valence-corrected chi connectivity index (χ0v) is 6.77. The van der Waals surface area contributed by atoms with Crippen LogP contribution < -0.4 is 0 Å². The molecule has 1 aromatic rings. The van der Waals surface area contributed by atoms with E-state index < -0.39 is 0 Å². The van der Waals surface area contributed by atoms with Gasteiger partial charge in [0.25, 0.3) is 0 Å². The lowest BCUT2D eigenvalue weighted by molar-refractivity contribution is 0.342. The summed E-state index contributed by atoms with van der Waals surface area (Å²) in [5.74, 6) is 0.282. The molecular weight excluding hydrogens is 152 g/mol. The Bertz CT molecular complexity index is 249. The Morgan fingerprint density at radius 3 is 2.33 bits per heavy atom. The highest BCUT2D eigenvalue weighted by molar-refractivity contribution is 5.27. The molecule has 1 aromatic carbocycles. The van der Waals surface area contributed by atoms with Gasteiger partial charge >= 0.3 is 0 Å². The molecule has 2 heteroatoms. The number of hydrogen-bond acceptors (Lipinski definition) is 2. The molecule has 0 aliphatic heterocycles. The van der Waals surface area contributed by atoms with Gasteiger partial charge in [-0.2, -0.15) is 0 Å². The molecule has 12 heavy (non-hydrogen) atoms. The molecule has 64 valence electrons. The van der Waals surface area contributed by atoms with Crippen molar-refractivity contribution in [2.75, 3.05) is 6.61 Å². The second-order valence-electron chi connectivity index (χ2n) is 2.52. The number of hydrogen-bond donors (Lipinski definition) is 2. The summed E-state index contributed by atoms with van der Waals surface area (Å²) in [5, 5.41) is 17.4. The molecule has 0 bridgehead atoms. The zero-order valence-electron chi connectivity index (χ0n) is 6.77. The third kappa shape index (κ3) is 2.76. The summed E-state index contributed by atoms with van der Waals surface area (Å²) < 4.78 is 0. The minimum absolute atomic E-state index is 0.0814. The molecule has 2 nitrogen and oxygen atoms in total. The van der Waals surface area contributed by atoms with E-state index in [1.807, 2.05) is 18.2 Å². The van der Waals surface area contributed by atoms with Gasteiger partial charge in [-0.1, -0.05) is 24.3 Å². The third-order valence-corrected chi connectivity index (χ3v) is 1.56. The van der Waals surface area contributed by atoms with E-state index in [4.69, 9.17) is 10.2 Å². The van der Waals surface area contributed by atoms with E-state index >= 15 is 0 Å². The van der Waals surface area contributed by atoms with Crippen LogP contribution in [-0.4, -0.2) is 16.8 Å². The van der Waals surface area contributed by atoms with Gasteiger partial charge in [-0.25, -0.2) is 0 Å². The summed E-state index contributed by atoms with van der Waals surface area (Å²) in [7, 11) is 0. The first-order valence-corrected chi connectivity index (χ1v) is 3.86. The lowest BCUT2D eigenvalue weighted by Crippen LogP contribution is -1.80. The van der Waals surface area contributed by atoms with Gasteiger partial charge in [0.1, 0.15) is 5.75 Å².